The van der Waals surface area contributed by atoms with Crippen molar-refractivity contribution >= 4 is 29.4 Å². The average Bonchev–Trinajstić information content (AvgIpc) is 3.43. The van der Waals surface area contributed by atoms with Crippen molar-refractivity contribution < 1.29 is 18.7 Å². The molecule has 0 aliphatic carbocycles. The Morgan fingerprint density at radius 3 is 2.33 bits per heavy atom. The molecule has 8 nitrogen and oxygen atoms in total. The number of amides is 2. The molecular formula is C32H33ClFN5O3. The standard InChI is InChI=1S/C32H33ClFN5O3/c1-21(2)39(32(41)42-27-10-8-26(34)9-11-27)29-20-38(19-28(29)23-4-6-25(33)7-5-23)31(40)24-13-15-37(16-14-24)30-12-3-22(17-35)18-36-30/h3-12,18,21,24,28-29H,13-16,19-20H2,1-2H3/t28-,29+/m1/s1. The molecule has 3 aromatic rings. The summed E-state index contributed by atoms with van der Waals surface area (Å²) in [7, 11) is 0. The van der Waals surface area contributed by atoms with E-state index in [-0.39, 0.29) is 35.6 Å². The van der Waals surface area contributed by atoms with Gasteiger partial charge in [-0.2, -0.15) is 5.26 Å². The van der Waals surface area contributed by atoms with E-state index in [0.717, 1.165) is 11.4 Å². The molecule has 42 heavy (non-hydrogen) atoms. The van der Waals surface area contributed by atoms with Crippen LogP contribution in [0.25, 0.3) is 0 Å². The summed E-state index contributed by atoms with van der Waals surface area (Å²) in [4.78, 5) is 37.5. The second-order valence-electron chi connectivity index (χ2n) is 11.1. The van der Waals surface area contributed by atoms with Crippen molar-refractivity contribution in [3.63, 3.8) is 0 Å². The summed E-state index contributed by atoms with van der Waals surface area (Å²) in [5, 5.41) is 9.65. The summed E-state index contributed by atoms with van der Waals surface area (Å²) in [6.07, 6.45) is 2.40. The molecule has 2 saturated heterocycles. The maximum atomic E-state index is 13.9. The summed E-state index contributed by atoms with van der Waals surface area (Å²) in [5.41, 5.74) is 1.50. The fourth-order valence-electron chi connectivity index (χ4n) is 5.92. The van der Waals surface area contributed by atoms with E-state index in [0.29, 0.717) is 49.6 Å². The Morgan fingerprint density at radius 2 is 1.74 bits per heavy atom. The highest BCUT2D eigenvalue weighted by Crippen LogP contribution is 2.35. The maximum Gasteiger partial charge on any atom is 0.415 e. The van der Waals surface area contributed by atoms with E-state index in [2.05, 4.69) is 16.0 Å². The van der Waals surface area contributed by atoms with Crippen LogP contribution in [-0.2, 0) is 4.79 Å². The van der Waals surface area contributed by atoms with Crippen LogP contribution in [0.15, 0.2) is 66.9 Å². The molecular weight excluding hydrogens is 557 g/mol. The fraction of sp³-hybridized carbons (Fsp3) is 0.375. The van der Waals surface area contributed by atoms with Gasteiger partial charge in [0.15, 0.2) is 0 Å². The number of hydrogen-bond donors (Lipinski definition) is 0. The molecule has 3 heterocycles. The molecule has 0 N–H and O–H groups in total. The van der Waals surface area contributed by atoms with Crippen molar-refractivity contribution in [1.29, 1.82) is 5.26 Å². The first kappa shape index (κ1) is 29.3. The molecule has 2 aliphatic rings. The van der Waals surface area contributed by atoms with Gasteiger partial charge in [-0.25, -0.2) is 14.2 Å². The number of benzene rings is 2. The SMILES string of the molecule is CC(C)N(C(=O)Oc1ccc(F)cc1)[C@H]1CN(C(=O)C2CCN(c3ccc(C#N)cn3)CC2)C[C@@H]1c1ccc(Cl)cc1. The van der Waals surface area contributed by atoms with Crippen LogP contribution in [0.4, 0.5) is 15.0 Å². The number of aromatic nitrogens is 1. The normalized spacial score (nSPS) is 19.0. The smallest absolute Gasteiger partial charge is 0.410 e. The van der Waals surface area contributed by atoms with E-state index in [1.807, 2.05) is 49.1 Å². The van der Waals surface area contributed by atoms with Gasteiger partial charge >= 0.3 is 6.09 Å². The Labute approximate surface area is 250 Å². The third-order valence-electron chi connectivity index (χ3n) is 8.09. The Kier molecular flexibility index (Phi) is 8.93. The number of likely N-dealkylation sites (tertiary alicyclic amines) is 1. The van der Waals surface area contributed by atoms with Gasteiger partial charge in [-0.15, -0.1) is 0 Å². The topological polar surface area (TPSA) is 89.8 Å². The van der Waals surface area contributed by atoms with E-state index in [1.165, 1.54) is 24.3 Å². The van der Waals surface area contributed by atoms with Crippen LogP contribution in [0.5, 0.6) is 5.75 Å². The predicted molar refractivity (Wildman–Crippen MR) is 158 cm³/mol. The van der Waals surface area contributed by atoms with Crippen molar-refractivity contribution in [3.05, 3.63) is 88.8 Å². The van der Waals surface area contributed by atoms with Gasteiger partial charge in [-0.1, -0.05) is 23.7 Å². The van der Waals surface area contributed by atoms with Crippen LogP contribution >= 0.6 is 11.6 Å². The number of nitriles is 1. The molecule has 5 rings (SSSR count). The van der Waals surface area contributed by atoms with Crippen molar-refractivity contribution in [3.8, 4) is 11.8 Å². The molecule has 2 amide bonds. The van der Waals surface area contributed by atoms with E-state index in [4.69, 9.17) is 21.6 Å². The number of anilines is 1. The van der Waals surface area contributed by atoms with Crippen LogP contribution in [0.1, 0.15) is 43.7 Å². The summed E-state index contributed by atoms with van der Waals surface area (Å²) < 4.78 is 19.1. The molecule has 0 saturated carbocycles. The Balaban J connectivity index is 1.32. The minimum atomic E-state index is -0.543. The van der Waals surface area contributed by atoms with Crippen molar-refractivity contribution in [2.45, 2.75) is 44.7 Å². The van der Waals surface area contributed by atoms with Gasteiger partial charge in [0.25, 0.3) is 0 Å². The lowest BCUT2D eigenvalue weighted by Gasteiger charge is -2.35. The van der Waals surface area contributed by atoms with Crippen LogP contribution in [0, 0.1) is 23.1 Å². The number of pyridine rings is 1. The number of hydrogen-bond acceptors (Lipinski definition) is 6. The minimum absolute atomic E-state index is 0.0829. The van der Waals surface area contributed by atoms with Crippen molar-refractivity contribution in [1.82, 2.24) is 14.8 Å². The Hall–Kier alpha value is -4.16. The number of piperidine rings is 1. The molecule has 0 bridgehead atoms. The molecule has 2 fully saturated rings. The first-order chi connectivity index (χ1) is 20.2. The largest absolute Gasteiger partial charge is 0.415 e. The van der Waals surface area contributed by atoms with Gasteiger partial charge in [-0.3, -0.25) is 9.69 Å². The van der Waals surface area contributed by atoms with Gasteiger partial charge in [0.05, 0.1) is 11.6 Å². The number of rotatable bonds is 6. The second kappa shape index (κ2) is 12.8. The zero-order chi connectivity index (χ0) is 29.8. The number of nitrogens with zero attached hydrogens (tertiary/aromatic N) is 5. The molecule has 0 spiro atoms. The van der Waals surface area contributed by atoms with Crippen LogP contribution in [0.3, 0.4) is 0 Å². The lowest BCUT2D eigenvalue weighted by atomic mass is 9.92. The van der Waals surface area contributed by atoms with E-state index in [9.17, 15) is 14.0 Å². The number of ether oxygens (including phenoxy) is 1. The zero-order valence-electron chi connectivity index (χ0n) is 23.6. The third-order valence-corrected chi connectivity index (χ3v) is 8.34. The fourth-order valence-corrected chi connectivity index (χ4v) is 6.05. The summed E-state index contributed by atoms with van der Waals surface area (Å²) in [5.74, 6) is 0.447. The monoisotopic (exact) mass is 589 g/mol. The lowest BCUT2D eigenvalue weighted by Crippen LogP contribution is -2.50. The van der Waals surface area contributed by atoms with Gasteiger partial charge in [0, 0.05) is 55.3 Å². The van der Waals surface area contributed by atoms with Gasteiger partial charge in [0.2, 0.25) is 5.91 Å². The van der Waals surface area contributed by atoms with Crippen LogP contribution < -0.4 is 9.64 Å². The highest BCUT2D eigenvalue weighted by atomic mass is 35.5. The van der Waals surface area contributed by atoms with Crippen LogP contribution in [0.2, 0.25) is 5.02 Å². The Bertz CT molecular complexity index is 1430. The first-order valence-electron chi connectivity index (χ1n) is 14.1. The quantitative estimate of drug-likeness (QED) is 0.357. The summed E-state index contributed by atoms with van der Waals surface area (Å²) in [6, 6.07) is 18.0. The van der Waals surface area contributed by atoms with E-state index < -0.39 is 11.9 Å². The molecule has 0 radical (unpaired) electrons. The van der Waals surface area contributed by atoms with Crippen LogP contribution in [-0.4, -0.2) is 65.0 Å². The van der Waals surface area contributed by atoms with Crippen molar-refractivity contribution in [2.75, 3.05) is 31.1 Å². The minimum Gasteiger partial charge on any atom is -0.410 e. The number of carbonyl (C=O) groups is 2. The zero-order valence-corrected chi connectivity index (χ0v) is 24.4. The highest BCUT2D eigenvalue weighted by molar-refractivity contribution is 6.30. The molecule has 2 aromatic carbocycles. The lowest BCUT2D eigenvalue weighted by molar-refractivity contribution is -0.135. The maximum absolute atomic E-state index is 13.9. The van der Waals surface area contributed by atoms with Gasteiger partial charge < -0.3 is 14.5 Å². The molecule has 2 atom stereocenters. The number of carbonyl (C=O) groups excluding carboxylic acids is 2. The van der Waals surface area contributed by atoms with Crippen molar-refractivity contribution in [2.24, 2.45) is 5.92 Å². The molecule has 1 aromatic heterocycles. The summed E-state index contributed by atoms with van der Waals surface area (Å²) >= 11 is 6.17. The number of halogens is 2. The summed E-state index contributed by atoms with van der Waals surface area (Å²) in [6.45, 7) is 6.06. The molecule has 10 heteroatoms. The highest BCUT2D eigenvalue weighted by Gasteiger charge is 2.44. The van der Waals surface area contributed by atoms with E-state index in [1.54, 1.807) is 17.2 Å². The molecule has 2 aliphatic heterocycles. The second-order valence-corrected chi connectivity index (χ2v) is 11.5. The predicted octanol–water partition coefficient (Wildman–Crippen LogP) is 5.87. The van der Waals surface area contributed by atoms with E-state index >= 15 is 0 Å². The third kappa shape index (κ3) is 6.50. The van der Waals surface area contributed by atoms with Gasteiger partial charge in [0.1, 0.15) is 23.5 Å². The Morgan fingerprint density at radius 1 is 1.05 bits per heavy atom. The average molecular weight is 590 g/mol. The molecule has 0 unspecified atom stereocenters. The molecule has 218 valence electrons. The van der Waals surface area contributed by atoms with Gasteiger partial charge in [-0.05, 0) is 80.8 Å². The first-order valence-corrected chi connectivity index (χ1v) is 14.5.